The van der Waals surface area contributed by atoms with E-state index in [-0.39, 0.29) is 18.8 Å². The molecular weight excluding hydrogens is 498 g/mol. The molecule has 4 atom stereocenters. The van der Waals surface area contributed by atoms with E-state index in [9.17, 15) is 5.11 Å². The molecule has 3 aliphatic heterocycles. The van der Waals surface area contributed by atoms with Crippen LogP contribution in [0.3, 0.4) is 0 Å². The number of aliphatic hydroxyl groups excluding tert-OH is 1. The zero-order valence-corrected chi connectivity index (χ0v) is 23.5. The van der Waals surface area contributed by atoms with Crippen molar-refractivity contribution in [2.75, 3.05) is 32.7 Å². The average molecular weight is 542 g/mol. The Morgan fingerprint density at radius 2 is 1.55 bits per heavy atom. The minimum Gasteiger partial charge on any atom is -0.392 e. The van der Waals surface area contributed by atoms with Gasteiger partial charge in [-0.05, 0) is 85.3 Å². The van der Waals surface area contributed by atoms with E-state index in [0.717, 1.165) is 52.9 Å². The van der Waals surface area contributed by atoms with Crippen molar-refractivity contribution < 1.29 is 14.6 Å². The molecule has 0 saturated carbocycles. The zero-order valence-electron chi connectivity index (χ0n) is 23.5. The van der Waals surface area contributed by atoms with Gasteiger partial charge >= 0.3 is 0 Å². The first-order valence-corrected chi connectivity index (χ1v) is 15.0. The fraction of sp³-hybridized carbons (Fsp3) is 0.471. The van der Waals surface area contributed by atoms with Gasteiger partial charge in [-0.2, -0.15) is 0 Å². The Labute approximate surface area is 238 Å². The lowest BCUT2D eigenvalue weighted by Gasteiger charge is -2.39. The van der Waals surface area contributed by atoms with Gasteiger partial charge in [0.1, 0.15) is 0 Å². The van der Waals surface area contributed by atoms with Crippen LogP contribution in [-0.4, -0.2) is 59.8 Å². The third-order valence-electron chi connectivity index (χ3n) is 8.87. The van der Waals surface area contributed by atoms with Gasteiger partial charge in [-0.25, -0.2) is 0 Å². The summed E-state index contributed by atoms with van der Waals surface area (Å²) in [6.07, 6.45) is 5.59. The summed E-state index contributed by atoms with van der Waals surface area (Å²) in [4.78, 5) is 5.32. The molecule has 3 saturated heterocycles. The largest absolute Gasteiger partial charge is 0.392 e. The van der Waals surface area contributed by atoms with Crippen molar-refractivity contribution in [3.63, 3.8) is 0 Å². The summed E-state index contributed by atoms with van der Waals surface area (Å²) in [7, 11) is 0. The van der Waals surface area contributed by atoms with Crippen LogP contribution < -0.4 is 5.73 Å². The zero-order chi connectivity index (χ0) is 27.3. The van der Waals surface area contributed by atoms with Crippen LogP contribution in [0.2, 0.25) is 0 Å². The van der Waals surface area contributed by atoms with Crippen molar-refractivity contribution >= 4 is 0 Å². The third kappa shape index (κ3) is 6.49. The van der Waals surface area contributed by atoms with E-state index >= 15 is 0 Å². The fourth-order valence-electron chi connectivity index (χ4n) is 6.64. The van der Waals surface area contributed by atoms with Crippen LogP contribution in [0.5, 0.6) is 0 Å². The molecule has 3 aromatic rings. The molecule has 0 aromatic heterocycles. The number of likely N-dealkylation sites (tertiary alicyclic amines) is 2. The number of nitrogens with two attached hydrogens (primary N) is 1. The molecule has 6 heteroatoms. The number of rotatable bonds is 9. The molecule has 3 N–H and O–H groups in total. The SMILES string of the molecule is NCc1cccc(-c2cccc(C3OC(CN4CCCC4CN4CCCC4)CC(c4ccc(CO)cc4)O3)c2)c1. The fourth-order valence-corrected chi connectivity index (χ4v) is 6.64. The second-order valence-electron chi connectivity index (χ2n) is 11.7. The first-order chi connectivity index (χ1) is 19.7. The lowest BCUT2D eigenvalue weighted by Crippen LogP contribution is -2.45. The molecule has 0 amide bonds. The van der Waals surface area contributed by atoms with Crippen LogP contribution in [0, 0.1) is 0 Å². The Kier molecular flexibility index (Phi) is 8.92. The average Bonchev–Trinajstić information content (AvgIpc) is 3.69. The summed E-state index contributed by atoms with van der Waals surface area (Å²) in [5.74, 6) is 0. The predicted octanol–water partition coefficient (Wildman–Crippen LogP) is 5.41. The molecule has 0 spiro atoms. The summed E-state index contributed by atoms with van der Waals surface area (Å²) in [6.45, 7) is 6.33. The summed E-state index contributed by atoms with van der Waals surface area (Å²) in [6, 6.07) is 25.7. The number of hydrogen-bond acceptors (Lipinski definition) is 6. The Bertz CT molecular complexity index is 1240. The number of benzene rings is 3. The highest BCUT2D eigenvalue weighted by molar-refractivity contribution is 5.65. The highest BCUT2D eigenvalue weighted by atomic mass is 16.7. The molecular formula is C34H43N3O3. The maximum absolute atomic E-state index is 9.54. The van der Waals surface area contributed by atoms with Crippen molar-refractivity contribution in [2.45, 2.75) is 69.8 Å². The Balaban J connectivity index is 1.23. The standard InChI is InChI=1S/C34H43N3O3/c35-21-26-6-3-7-28(18-26)29-8-4-9-30(19-29)34-39-32(20-33(40-34)27-13-11-25(24-38)12-14-27)23-37-17-5-10-31(37)22-36-15-1-2-16-36/h3-4,6-9,11-14,18-19,31-34,38H,1-2,5,10,15-17,20-24,35H2. The number of nitrogens with zero attached hydrogens (tertiary/aromatic N) is 2. The minimum absolute atomic E-state index is 0.0473. The van der Waals surface area contributed by atoms with Crippen molar-refractivity contribution in [3.05, 3.63) is 95.1 Å². The van der Waals surface area contributed by atoms with E-state index in [4.69, 9.17) is 15.2 Å². The molecule has 0 radical (unpaired) electrons. The van der Waals surface area contributed by atoms with Gasteiger partial charge in [0, 0.05) is 37.7 Å². The quantitative estimate of drug-likeness (QED) is 0.378. The summed E-state index contributed by atoms with van der Waals surface area (Å²) >= 11 is 0. The van der Waals surface area contributed by atoms with E-state index in [1.165, 1.54) is 45.3 Å². The molecule has 3 aliphatic rings. The number of hydrogen-bond donors (Lipinski definition) is 2. The monoisotopic (exact) mass is 541 g/mol. The Morgan fingerprint density at radius 3 is 2.33 bits per heavy atom. The van der Waals surface area contributed by atoms with Crippen LogP contribution in [0.4, 0.5) is 0 Å². The van der Waals surface area contributed by atoms with Gasteiger partial charge in [-0.3, -0.25) is 4.90 Å². The van der Waals surface area contributed by atoms with Crippen LogP contribution >= 0.6 is 0 Å². The first-order valence-electron chi connectivity index (χ1n) is 15.0. The van der Waals surface area contributed by atoms with E-state index < -0.39 is 6.29 Å². The number of aliphatic hydroxyl groups is 1. The normalized spacial score (nSPS) is 25.9. The predicted molar refractivity (Wildman–Crippen MR) is 158 cm³/mol. The van der Waals surface area contributed by atoms with Crippen molar-refractivity contribution in [1.82, 2.24) is 9.80 Å². The van der Waals surface area contributed by atoms with Gasteiger partial charge < -0.3 is 25.2 Å². The topological polar surface area (TPSA) is 71.2 Å². The van der Waals surface area contributed by atoms with Gasteiger partial charge in [-0.1, -0.05) is 60.7 Å². The maximum Gasteiger partial charge on any atom is 0.184 e. The molecule has 6 rings (SSSR count). The van der Waals surface area contributed by atoms with Crippen LogP contribution in [0.25, 0.3) is 11.1 Å². The Hall–Kier alpha value is -2.58. The molecule has 0 aliphatic carbocycles. The summed E-state index contributed by atoms with van der Waals surface area (Å²) in [5.41, 5.74) is 12.4. The van der Waals surface area contributed by atoms with Gasteiger partial charge in [0.2, 0.25) is 0 Å². The highest BCUT2D eigenvalue weighted by Crippen LogP contribution is 2.39. The lowest BCUT2D eigenvalue weighted by molar-refractivity contribution is -0.253. The third-order valence-corrected chi connectivity index (χ3v) is 8.87. The summed E-state index contributed by atoms with van der Waals surface area (Å²) in [5, 5.41) is 9.54. The maximum atomic E-state index is 9.54. The van der Waals surface area contributed by atoms with E-state index in [1.54, 1.807) is 0 Å². The molecule has 3 heterocycles. The van der Waals surface area contributed by atoms with Crippen LogP contribution in [-0.2, 0) is 22.6 Å². The van der Waals surface area contributed by atoms with Gasteiger partial charge in [0.15, 0.2) is 6.29 Å². The molecule has 212 valence electrons. The van der Waals surface area contributed by atoms with Gasteiger partial charge in [0.25, 0.3) is 0 Å². The molecule has 3 aromatic carbocycles. The molecule has 40 heavy (non-hydrogen) atoms. The van der Waals surface area contributed by atoms with E-state index in [1.807, 2.05) is 12.1 Å². The second kappa shape index (κ2) is 12.9. The van der Waals surface area contributed by atoms with Crippen molar-refractivity contribution in [1.29, 1.82) is 0 Å². The van der Waals surface area contributed by atoms with Crippen LogP contribution in [0.15, 0.2) is 72.8 Å². The highest BCUT2D eigenvalue weighted by Gasteiger charge is 2.36. The van der Waals surface area contributed by atoms with Crippen molar-refractivity contribution in [3.8, 4) is 11.1 Å². The van der Waals surface area contributed by atoms with Gasteiger partial charge in [0.05, 0.1) is 18.8 Å². The lowest BCUT2D eigenvalue weighted by atomic mass is 9.98. The van der Waals surface area contributed by atoms with Crippen LogP contribution in [0.1, 0.15) is 66.8 Å². The first kappa shape index (κ1) is 27.6. The van der Waals surface area contributed by atoms with Gasteiger partial charge in [-0.15, -0.1) is 0 Å². The summed E-state index contributed by atoms with van der Waals surface area (Å²) < 4.78 is 13.4. The molecule has 3 fully saturated rings. The van der Waals surface area contributed by atoms with E-state index in [0.29, 0.717) is 12.6 Å². The number of ether oxygens (including phenoxy) is 2. The molecule has 0 bridgehead atoms. The Morgan fingerprint density at radius 1 is 0.775 bits per heavy atom. The molecule has 4 unspecified atom stereocenters. The van der Waals surface area contributed by atoms with E-state index in [2.05, 4.69) is 70.5 Å². The minimum atomic E-state index is -0.446. The smallest absolute Gasteiger partial charge is 0.184 e. The molecule has 6 nitrogen and oxygen atoms in total. The van der Waals surface area contributed by atoms with Crippen molar-refractivity contribution in [2.24, 2.45) is 5.73 Å². The second-order valence-corrected chi connectivity index (χ2v) is 11.7.